The number of hydrogen-bond donors (Lipinski definition) is 3. The molecule has 0 fully saturated rings. The number of anilines is 2. The first kappa shape index (κ1) is 21.6. The molecule has 0 aliphatic rings. The average molecular weight is 446 g/mol. The molecule has 3 amide bonds. The number of aryl methyl sites for hydroxylation is 2. The molecule has 0 aliphatic heterocycles. The number of benzene rings is 1. The molecule has 0 spiro atoms. The number of hydrogen-bond acceptors (Lipinski definition) is 9. The van der Waals surface area contributed by atoms with Gasteiger partial charge < -0.3 is 10.1 Å². The predicted molar refractivity (Wildman–Crippen MR) is 108 cm³/mol. The number of nitrogens with one attached hydrogen (secondary N) is 3. The molecule has 13 nitrogen and oxygen atoms in total. The predicted octanol–water partition coefficient (Wildman–Crippen LogP) is 0.685. The van der Waals surface area contributed by atoms with Crippen LogP contribution in [0.2, 0.25) is 0 Å². The summed E-state index contributed by atoms with van der Waals surface area (Å²) in [4.78, 5) is 36.0. The van der Waals surface area contributed by atoms with Crippen molar-refractivity contribution in [3.63, 3.8) is 0 Å². The Morgan fingerprint density at radius 1 is 1.06 bits per heavy atom. The fourth-order valence-corrected chi connectivity index (χ4v) is 3.58. The Morgan fingerprint density at radius 2 is 1.81 bits per heavy atom. The van der Waals surface area contributed by atoms with Crippen LogP contribution in [0.1, 0.15) is 16.2 Å². The summed E-state index contributed by atoms with van der Waals surface area (Å²) in [5.74, 6) is -0.428. The van der Waals surface area contributed by atoms with E-state index in [0.29, 0.717) is 0 Å². The molecule has 14 heteroatoms. The monoisotopic (exact) mass is 446 g/mol. The van der Waals surface area contributed by atoms with Gasteiger partial charge in [-0.15, -0.1) is 0 Å². The van der Waals surface area contributed by atoms with E-state index >= 15 is 0 Å². The Labute approximate surface area is 176 Å². The third-order valence-corrected chi connectivity index (χ3v) is 5.13. The van der Waals surface area contributed by atoms with Gasteiger partial charge in [0.05, 0.1) is 12.7 Å². The summed E-state index contributed by atoms with van der Waals surface area (Å²) in [6.45, 7) is 1.54. The van der Waals surface area contributed by atoms with Crippen molar-refractivity contribution in [2.75, 3.05) is 17.7 Å². The molecule has 0 unspecified atom stereocenters. The second-order valence-corrected chi connectivity index (χ2v) is 7.73. The Balaban J connectivity index is 1.79. The van der Waals surface area contributed by atoms with Crippen LogP contribution in [0.5, 0.6) is 6.01 Å². The van der Waals surface area contributed by atoms with E-state index in [2.05, 4.69) is 30.7 Å². The maximum Gasteiger partial charge on any atom is 0.335 e. The van der Waals surface area contributed by atoms with Gasteiger partial charge in [0.15, 0.2) is 5.82 Å². The van der Waals surface area contributed by atoms with Crippen LogP contribution in [0.4, 0.5) is 16.6 Å². The van der Waals surface area contributed by atoms with E-state index in [1.54, 1.807) is 26.2 Å². The molecule has 162 valence electrons. The molecule has 3 aromatic rings. The molecule has 0 saturated carbocycles. The van der Waals surface area contributed by atoms with Crippen LogP contribution in [0.25, 0.3) is 0 Å². The minimum atomic E-state index is -4.42. The standard InChI is InChI=1S/C17H18N8O5S/c1-10-18-15(22-17(19-10)30-3)21-16(27)24-31(28,29)12-7-5-4-6-11(12)14(26)20-13-8-9-25(2)23-13/h4-9H,1-3H3,(H,20,23,26)(H2,18,19,21,22,24,27). The van der Waals surface area contributed by atoms with E-state index in [1.807, 2.05) is 4.72 Å². The summed E-state index contributed by atoms with van der Waals surface area (Å²) < 4.78 is 33.7. The summed E-state index contributed by atoms with van der Waals surface area (Å²) in [7, 11) is -1.42. The third kappa shape index (κ3) is 5.30. The Morgan fingerprint density at radius 3 is 2.48 bits per heavy atom. The van der Waals surface area contributed by atoms with Crippen LogP contribution in [-0.2, 0) is 17.1 Å². The number of nitrogens with zero attached hydrogens (tertiary/aromatic N) is 5. The fourth-order valence-electron chi connectivity index (χ4n) is 2.46. The highest BCUT2D eigenvalue weighted by Crippen LogP contribution is 2.17. The molecule has 2 heterocycles. The van der Waals surface area contributed by atoms with Crippen molar-refractivity contribution in [1.29, 1.82) is 0 Å². The minimum Gasteiger partial charge on any atom is -0.467 e. The van der Waals surface area contributed by atoms with E-state index in [4.69, 9.17) is 4.74 Å². The van der Waals surface area contributed by atoms with Gasteiger partial charge in [-0.2, -0.15) is 20.1 Å². The van der Waals surface area contributed by atoms with Crippen molar-refractivity contribution in [1.82, 2.24) is 29.5 Å². The van der Waals surface area contributed by atoms with Crippen LogP contribution < -0.4 is 20.1 Å². The van der Waals surface area contributed by atoms with Crippen LogP contribution in [0, 0.1) is 6.92 Å². The summed E-state index contributed by atoms with van der Waals surface area (Å²) in [5.41, 5.74) is -0.175. The lowest BCUT2D eigenvalue weighted by atomic mass is 10.2. The number of amides is 3. The fraction of sp³-hybridized carbons (Fsp3) is 0.176. The second-order valence-electron chi connectivity index (χ2n) is 6.08. The molecule has 3 rings (SSSR count). The number of carbonyl (C=O) groups is 2. The lowest BCUT2D eigenvalue weighted by Crippen LogP contribution is -2.36. The van der Waals surface area contributed by atoms with Crippen LogP contribution in [-0.4, -0.2) is 52.2 Å². The Hall–Kier alpha value is -4.07. The summed E-state index contributed by atoms with van der Waals surface area (Å²) in [5, 5.41) is 8.70. The normalized spacial score (nSPS) is 10.9. The van der Waals surface area contributed by atoms with E-state index < -0.39 is 26.9 Å². The molecule has 0 saturated heterocycles. The zero-order valence-corrected chi connectivity index (χ0v) is 17.5. The quantitative estimate of drug-likeness (QED) is 0.493. The molecule has 3 N–H and O–H groups in total. The van der Waals surface area contributed by atoms with Gasteiger partial charge in [-0.1, -0.05) is 12.1 Å². The molecular formula is C17H18N8O5S. The van der Waals surface area contributed by atoms with Crippen molar-refractivity contribution in [3.05, 3.63) is 47.9 Å². The first-order valence-electron chi connectivity index (χ1n) is 8.68. The molecule has 0 bridgehead atoms. The maximum absolute atomic E-state index is 12.8. The first-order valence-corrected chi connectivity index (χ1v) is 10.2. The van der Waals surface area contributed by atoms with Crippen molar-refractivity contribution in [2.24, 2.45) is 7.05 Å². The average Bonchev–Trinajstić information content (AvgIpc) is 3.11. The molecule has 0 atom stereocenters. The third-order valence-electron chi connectivity index (χ3n) is 3.74. The molecule has 0 radical (unpaired) electrons. The van der Waals surface area contributed by atoms with Gasteiger partial charge in [0.25, 0.3) is 15.9 Å². The number of urea groups is 1. The molecule has 0 aliphatic carbocycles. The van der Waals surface area contributed by atoms with E-state index in [-0.39, 0.29) is 29.2 Å². The Bertz CT molecular complexity index is 1240. The van der Waals surface area contributed by atoms with E-state index in [1.165, 1.54) is 36.1 Å². The highest BCUT2D eigenvalue weighted by Gasteiger charge is 2.25. The topological polar surface area (TPSA) is 170 Å². The van der Waals surface area contributed by atoms with Gasteiger partial charge in [0, 0.05) is 19.3 Å². The van der Waals surface area contributed by atoms with Gasteiger partial charge in [-0.05, 0) is 19.1 Å². The van der Waals surface area contributed by atoms with Gasteiger partial charge in [-0.3, -0.25) is 14.8 Å². The lowest BCUT2D eigenvalue weighted by Gasteiger charge is -2.11. The van der Waals surface area contributed by atoms with Crippen molar-refractivity contribution in [2.45, 2.75) is 11.8 Å². The van der Waals surface area contributed by atoms with Crippen molar-refractivity contribution >= 4 is 33.7 Å². The molecule has 1 aromatic carbocycles. The van der Waals surface area contributed by atoms with Crippen LogP contribution in [0.15, 0.2) is 41.4 Å². The lowest BCUT2D eigenvalue weighted by molar-refractivity contribution is 0.102. The molecule has 2 aromatic heterocycles. The van der Waals surface area contributed by atoms with E-state index in [9.17, 15) is 18.0 Å². The van der Waals surface area contributed by atoms with Gasteiger partial charge in [0.2, 0.25) is 5.95 Å². The van der Waals surface area contributed by atoms with Crippen molar-refractivity contribution in [3.8, 4) is 6.01 Å². The number of methoxy groups -OCH3 is 1. The SMILES string of the molecule is COc1nc(C)nc(NC(=O)NS(=O)(=O)c2ccccc2C(=O)Nc2ccn(C)n2)n1. The second kappa shape index (κ2) is 8.74. The first-order chi connectivity index (χ1) is 14.7. The minimum absolute atomic E-state index is 0.0535. The number of carbonyl (C=O) groups excluding carboxylic acids is 2. The van der Waals surface area contributed by atoms with Crippen molar-refractivity contribution < 1.29 is 22.7 Å². The zero-order chi connectivity index (χ0) is 22.6. The van der Waals surface area contributed by atoms with Gasteiger partial charge in [0.1, 0.15) is 10.7 Å². The Kier molecular flexibility index (Phi) is 6.10. The van der Waals surface area contributed by atoms with Gasteiger partial charge >= 0.3 is 12.0 Å². The highest BCUT2D eigenvalue weighted by atomic mass is 32.2. The number of rotatable bonds is 6. The number of ether oxygens (including phenoxy) is 1. The molecular weight excluding hydrogens is 428 g/mol. The van der Waals surface area contributed by atoms with E-state index in [0.717, 1.165) is 0 Å². The summed E-state index contributed by atoms with van der Waals surface area (Å²) in [6, 6.07) is 5.78. The highest BCUT2D eigenvalue weighted by molar-refractivity contribution is 7.90. The van der Waals surface area contributed by atoms with Crippen LogP contribution in [0.3, 0.4) is 0 Å². The van der Waals surface area contributed by atoms with Crippen LogP contribution >= 0.6 is 0 Å². The van der Waals surface area contributed by atoms with Gasteiger partial charge in [-0.25, -0.2) is 17.9 Å². The maximum atomic E-state index is 12.8. The smallest absolute Gasteiger partial charge is 0.335 e. The summed E-state index contributed by atoms with van der Waals surface area (Å²) in [6.07, 6.45) is 1.61. The summed E-state index contributed by atoms with van der Waals surface area (Å²) >= 11 is 0. The largest absolute Gasteiger partial charge is 0.467 e. The molecule has 31 heavy (non-hydrogen) atoms. The number of aromatic nitrogens is 5. The number of sulfonamides is 1. The zero-order valence-electron chi connectivity index (χ0n) is 16.6.